The third kappa shape index (κ3) is 4.21. The summed E-state index contributed by atoms with van der Waals surface area (Å²) in [5.41, 5.74) is 0. The summed E-state index contributed by atoms with van der Waals surface area (Å²) in [7, 11) is 1.83. The van der Waals surface area contributed by atoms with Crippen molar-refractivity contribution in [2.75, 3.05) is 26.7 Å². The summed E-state index contributed by atoms with van der Waals surface area (Å²) in [4.78, 5) is 13.8. The number of rotatable bonds is 5. The molecule has 1 heterocycles. The topological polar surface area (TPSA) is 41.6 Å². The summed E-state index contributed by atoms with van der Waals surface area (Å²) in [5, 5.41) is 3.21. The first-order valence-electron chi connectivity index (χ1n) is 6.53. The molecule has 1 N–H and O–H groups in total. The molecule has 1 aliphatic heterocycles. The van der Waals surface area contributed by atoms with Gasteiger partial charge in [0.25, 0.3) is 0 Å². The second-order valence-electron chi connectivity index (χ2n) is 4.71. The first-order chi connectivity index (χ1) is 9.16. The maximum Gasteiger partial charge on any atom is 0.239 e. The van der Waals surface area contributed by atoms with Crippen LogP contribution in [0.3, 0.4) is 0 Å². The predicted octanol–water partition coefficient (Wildman–Crippen LogP) is 2.04. The Labute approximate surface area is 122 Å². The molecule has 1 atom stereocenters. The number of carbonyl (C=O) groups is 1. The number of amides is 1. The molecule has 1 aromatic rings. The molecule has 0 aliphatic carbocycles. The van der Waals surface area contributed by atoms with E-state index in [4.69, 9.17) is 4.74 Å². The van der Waals surface area contributed by atoms with E-state index >= 15 is 0 Å². The lowest BCUT2D eigenvalue weighted by atomic mass is 10.2. The van der Waals surface area contributed by atoms with Crippen LogP contribution in [0.5, 0.6) is 5.75 Å². The number of carbonyl (C=O) groups excluding carboxylic acids is 1. The summed E-state index contributed by atoms with van der Waals surface area (Å²) < 4.78 is 6.64. The fourth-order valence-electron chi connectivity index (χ4n) is 2.10. The molecule has 0 saturated carbocycles. The van der Waals surface area contributed by atoms with Gasteiger partial charge in [0.2, 0.25) is 5.91 Å². The summed E-state index contributed by atoms with van der Waals surface area (Å²) in [6.45, 7) is 2.06. The van der Waals surface area contributed by atoms with Crippen LogP contribution in [0.1, 0.15) is 12.8 Å². The van der Waals surface area contributed by atoms with E-state index in [9.17, 15) is 4.79 Å². The molecule has 4 nitrogen and oxygen atoms in total. The maximum absolute atomic E-state index is 12.0. The number of halogens is 1. The van der Waals surface area contributed by atoms with Gasteiger partial charge >= 0.3 is 0 Å². The SMILES string of the molecule is CN(CCOc1ccc(Br)cc1)C(=O)C1CCCN1. The molecule has 0 radical (unpaired) electrons. The van der Waals surface area contributed by atoms with Gasteiger partial charge in [-0.3, -0.25) is 4.79 Å². The van der Waals surface area contributed by atoms with Crippen molar-refractivity contribution in [3.05, 3.63) is 28.7 Å². The van der Waals surface area contributed by atoms with E-state index in [-0.39, 0.29) is 11.9 Å². The van der Waals surface area contributed by atoms with Crippen LogP contribution in [0.25, 0.3) is 0 Å². The van der Waals surface area contributed by atoms with Gasteiger partial charge in [-0.25, -0.2) is 0 Å². The highest BCUT2D eigenvalue weighted by Crippen LogP contribution is 2.16. The van der Waals surface area contributed by atoms with E-state index in [0.29, 0.717) is 13.2 Å². The Kier molecular flexibility index (Phi) is 5.22. The van der Waals surface area contributed by atoms with Crippen molar-refractivity contribution >= 4 is 21.8 Å². The summed E-state index contributed by atoms with van der Waals surface area (Å²) in [6, 6.07) is 7.69. The fraction of sp³-hybridized carbons (Fsp3) is 0.500. The third-order valence-electron chi connectivity index (χ3n) is 3.24. The van der Waals surface area contributed by atoms with E-state index in [0.717, 1.165) is 29.6 Å². The van der Waals surface area contributed by atoms with Gasteiger partial charge in [0.05, 0.1) is 12.6 Å². The Balaban J connectivity index is 1.72. The Bertz CT molecular complexity index is 416. The molecular weight excluding hydrogens is 308 g/mol. The average Bonchev–Trinajstić information content (AvgIpc) is 2.94. The van der Waals surface area contributed by atoms with Crippen LogP contribution in [0.15, 0.2) is 28.7 Å². The molecule has 0 bridgehead atoms. The quantitative estimate of drug-likeness (QED) is 0.900. The zero-order valence-electron chi connectivity index (χ0n) is 11.1. The molecule has 1 unspecified atom stereocenters. The van der Waals surface area contributed by atoms with E-state index in [1.54, 1.807) is 4.90 Å². The van der Waals surface area contributed by atoms with Crippen LogP contribution >= 0.6 is 15.9 Å². The lowest BCUT2D eigenvalue weighted by Gasteiger charge is -2.21. The molecule has 0 spiro atoms. The molecule has 1 amide bonds. The van der Waals surface area contributed by atoms with E-state index in [1.165, 1.54) is 0 Å². The lowest BCUT2D eigenvalue weighted by Crippen LogP contribution is -2.43. The molecule has 5 heteroatoms. The zero-order valence-corrected chi connectivity index (χ0v) is 12.6. The Morgan fingerprint density at radius 3 is 2.84 bits per heavy atom. The monoisotopic (exact) mass is 326 g/mol. The van der Waals surface area contributed by atoms with Gasteiger partial charge in [0.1, 0.15) is 12.4 Å². The average molecular weight is 327 g/mol. The van der Waals surface area contributed by atoms with Gasteiger partial charge in [-0.2, -0.15) is 0 Å². The molecule has 1 fully saturated rings. The predicted molar refractivity (Wildman–Crippen MR) is 78.3 cm³/mol. The first kappa shape index (κ1) is 14.3. The highest BCUT2D eigenvalue weighted by atomic mass is 79.9. The molecular formula is C14H19BrN2O2. The van der Waals surface area contributed by atoms with Crippen LogP contribution in [-0.4, -0.2) is 43.6 Å². The maximum atomic E-state index is 12.0. The van der Waals surface area contributed by atoms with Crippen molar-refractivity contribution in [3.8, 4) is 5.75 Å². The molecule has 2 rings (SSSR count). The Morgan fingerprint density at radius 2 is 2.21 bits per heavy atom. The van der Waals surface area contributed by atoms with Crippen LogP contribution in [0.4, 0.5) is 0 Å². The summed E-state index contributed by atoms with van der Waals surface area (Å²) in [5.74, 6) is 0.986. The number of nitrogens with one attached hydrogen (secondary N) is 1. The second kappa shape index (κ2) is 6.91. The van der Waals surface area contributed by atoms with Crippen molar-refractivity contribution in [2.24, 2.45) is 0 Å². The number of likely N-dealkylation sites (N-methyl/N-ethyl adjacent to an activating group) is 1. The van der Waals surface area contributed by atoms with Crippen molar-refractivity contribution in [1.29, 1.82) is 0 Å². The Hall–Kier alpha value is -1.07. The lowest BCUT2D eigenvalue weighted by molar-refractivity contribution is -0.132. The summed E-state index contributed by atoms with van der Waals surface area (Å²) in [6.07, 6.45) is 2.02. The third-order valence-corrected chi connectivity index (χ3v) is 3.77. The smallest absolute Gasteiger partial charge is 0.239 e. The summed E-state index contributed by atoms with van der Waals surface area (Å²) >= 11 is 3.38. The minimum absolute atomic E-state index is 0.00215. The van der Waals surface area contributed by atoms with E-state index < -0.39 is 0 Å². The van der Waals surface area contributed by atoms with Gasteiger partial charge in [0, 0.05) is 11.5 Å². The minimum atomic E-state index is -0.00215. The first-order valence-corrected chi connectivity index (χ1v) is 7.33. The van der Waals surface area contributed by atoms with Crippen LogP contribution in [0, 0.1) is 0 Å². The molecule has 1 aromatic carbocycles. The largest absolute Gasteiger partial charge is 0.492 e. The number of hydrogen-bond acceptors (Lipinski definition) is 3. The standard InChI is InChI=1S/C14H19BrN2O2/c1-17(14(18)13-3-2-8-16-13)9-10-19-12-6-4-11(15)5-7-12/h4-7,13,16H,2-3,8-10H2,1H3. The molecule has 19 heavy (non-hydrogen) atoms. The van der Waals surface area contributed by atoms with Gasteiger partial charge in [-0.1, -0.05) is 15.9 Å². The van der Waals surface area contributed by atoms with E-state index in [1.807, 2.05) is 31.3 Å². The molecule has 104 valence electrons. The highest BCUT2D eigenvalue weighted by Gasteiger charge is 2.24. The van der Waals surface area contributed by atoms with E-state index in [2.05, 4.69) is 21.2 Å². The van der Waals surface area contributed by atoms with Crippen LogP contribution in [-0.2, 0) is 4.79 Å². The van der Waals surface area contributed by atoms with Crippen molar-refractivity contribution in [1.82, 2.24) is 10.2 Å². The number of benzene rings is 1. The fourth-order valence-corrected chi connectivity index (χ4v) is 2.37. The van der Waals surface area contributed by atoms with Gasteiger partial charge in [-0.15, -0.1) is 0 Å². The van der Waals surface area contributed by atoms with Gasteiger partial charge < -0.3 is 15.0 Å². The van der Waals surface area contributed by atoms with Crippen LogP contribution in [0.2, 0.25) is 0 Å². The van der Waals surface area contributed by atoms with Crippen LogP contribution < -0.4 is 10.1 Å². The normalized spacial score (nSPS) is 18.3. The number of ether oxygens (including phenoxy) is 1. The van der Waals surface area contributed by atoms with Gasteiger partial charge in [-0.05, 0) is 43.7 Å². The number of nitrogens with zero attached hydrogens (tertiary/aromatic N) is 1. The minimum Gasteiger partial charge on any atom is -0.492 e. The highest BCUT2D eigenvalue weighted by molar-refractivity contribution is 9.10. The Morgan fingerprint density at radius 1 is 1.47 bits per heavy atom. The van der Waals surface area contributed by atoms with Crippen molar-refractivity contribution < 1.29 is 9.53 Å². The molecule has 0 aromatic heterocycles. The zero-order chi connectivity index (χ0) is 13.7. The molecule has 1 saturated heterocycles. The van der Waals surface area contributed by atoms with Crippen molar-refractivity contribution in [2.45, 2.75) is 18.9 Å². The van der Waals surface area contributed by atoms with Crippen molar-refractivity contribution in [3.63, 3.8) is 0 Å². The second-order valence-corrected chi connectivity index (χ2v) is 5.63. The molecule has 1 aliphatic rings. The van der Waals surface area contributed by atoms with Gasteiger partial charge in [0.15, 0.2) is 0 Å². The number of hydrogen-bond donors (Lipinski definition) is 1.